The molecule has 0 fully saturated rings. The van der Waals surface area contributed by atoms with E-state index >= 15 is 0 Å². The molecule has 0 saturated carbocycles. The van der Waals surface area contributed by atoms with Crippen molar-refractivity contribution in [3.63, 3.8) is 0 Å². The lowest BCUT2D eigenvalue weighted by Crippen LogP contribution is -2.09. The first-order chi connectivity index (χ1) is 8.63. The molecule has 0 spiro atoms. The minimum Gasteiger partial charge on any atom is -0.388 e. The van der Waals surface area contributed by atoms with Gasteiger partial charge in [0.1, 0.15) is 0 Å². The van der Waals surface area contributed by atoms with Crippen molar-refractivity contribution in [1.29, 1.82) is 0 Å². The molecule has 0 aliphatic rings. The fourth-order valence-corrected chi connectivity index (χ4v) is 2.15. The molecule has 0 aromatic carbocycles. The Balaban J connectivity index is 2.24. The summed E-state index contributed by atoms with van der Waals surface area (Å²) in [5, 5.41) is 15.2. The maximum absolute atomic E-state index is 10.2. The van der Waals surface area contributed by atoms with Crippen molar-refractivity contribution in [2.45, 2.75) is 32.9 Å². The van der Waals surface area contributed by atoms with Crippen LogP contribution >= 0.6 is 11.6 Å². The van der Waals surface area contributed by atoms with Gasteiger partial charge in [-0.25, -0.2) is 0 Å². The summed E-state index contributed by atoms with van der Waals surface area (Å²) >= 11 is 6.21. The fourth-order valence-electron chi connectivity index (χ4n) is 1.94. The van der Waals surface area contributed by atoms with Gasteiger partial charge in [0, 0.05) is 25.4 Å². The van der Waals surface area contributed by atoms with E-state index in [1.165, 1.54) is 0 Å². The summed E-state index contributed by atoms with van der Waals surface area (Å²) in [5.41, 5.74) is 2.45. The number of halogens is 1. The van der Waals surface area contributed by atoms with Crippen molar-refractivity contribution in [1.82, 2.24) is 14.8 Å². The number of hydrogen-bond donors (Lipinski definition) is 1. The van der Waals surface area contributed by atoms with Crippen LogP contribution in [0.3, 0.4) is 0 Å². The third-order valence-corrected chi connectivity index (χ3v) is 3.40. The van der Waals surface area contributed by atoms with Crippen LogP contribution in [0, 0.1) is 6.92 Å². The van der Waals surface area contributed by atoms with Gasteiger partial charge < -0.3 is 5.11 Å². The zero-order chi connectivity index (χ0) is 13.1. The molecule has 0 amide bonds. The number of aryl methyl sites for hydroxylation is 2. The van der Waals surface area contributed by atoms with E-state index in [1.54, 1.807) is 12.4 Å². The van der Waals surface area contributed by atoms with Gasteiger partial charge in [-0.05, 0) is 25.5 Å². The number of aromatic nitrogens is 3. The SMILES string of the molecule is CCn1nc(C)c(Cl)c1CC(O)c1cccnc1. The van der Waals surface area contributed by atoms with Crippen LogP contribution in [0.5, 0.6) is 0 Å². The summed E-state index contributed by atoms with van der Waals surface area (Å²) in [6.07, 6.45) is 3.18. The van der Waals surface area contributed by atoms with E-state index in [-0.39, 0.29) is 0 Å². The van der Waals surface area contributed by atoms with Crippen molar-refractivity contribution in [2.75, 3.05) is 0 Å². The van der Waals surface area contributed by atoms with Crippen molar-refractivity contribution < 1.29 is 5.11 Å². The Morgan fingerprint density at radius 1 is 1.50 bits per heavy atom. The molecule has 2 aromatic rings. The van der Waals surface area contributed by atoms with E-state index in [4.69, 9.17) is 11.6 Å². The van der Waals surface area contributed by atoms with E-state index in [0.717, 1.165) is 23.5 Å². The molecule has 0 saturated heterocycles. The Hall–Kier alpha value is -1.39. The Morgan fingerprint density at radius 3 is 2.89 bits per heavy atom. The van der Waals surface area contributed by atoms with Crippen molar-refractivity contribution in [3.8, 4) is 0 Å². The molecule has 0 aliphatic heterocycles. The molecule has 2 rings (SSSR count). The van der Waals surface area contributed by atoms with Gasteiger partial charge in [-0.1, -0.05) is 17.7 Å². The van der Waals surface area contributed by atoms with E-state index in [1.807, 2.05) is 30.7 Å². The zero-order valence-electron chi connectivity index (χ0n) is 10.5. The minimum absolute atomic E-state index is 0.444. The van der Waals surface area contributed by atoms with Crippen LogP contribution in [0.25, 0.3) is 0 Å². The largest absolute Gasteiger partial charge is 0.388 e. The summed E-state index contributed by atoms with van der Waals surface area (Å²) in [6.45, 7) is 4.61. The van der Waals surface area contributed by atoms with Crippen molar-refractivity contribution >= 4 is 11.6 Å². The predicted octanol–water partition coefficient (Wildman–Crippen LogP) is 2.54. The minimum atomic E-state index is -0.613. The van der Waals surface area contributed by atoms with Gasteiger partial charge in [-0.15, -0.1) is 0 Å². The monoisotopic (exact) mass is 265 g/mol. The molecule has 18 heavy (non-hydrogen) atoms. The van der Waals surface area contributed by atoms with Crippen LogP contribution in [0.1, 0.15) is 30.0 Å². The summed E-state index contributed by atoms with van der Waals surface area (Å²) < 4.78 is 1.83. The lowest BCUT2D eigenvalue weighted by molar-refractivity contribution is 0.175. The molecular weight excluding hydrogens is 250 g/mol. The lowest BCUT2D eigenvalue weighted by Gasteiger charge is -2.12. The highest BCUT2D eigenvalue weighted by Gasteiger charge is 2.17. The predicted molar refractivity (Wildman–Crippen MR) is 70.5 cm³/mol. The quantitative estimate of drug-likeness (QED) is 0.924. The lowest BCUT2D eigenvalue weighted by atomic mass is 10.1. The van der Waals surface area contributed by atoms with E-state index in [2.05, 4.69) is 10.1 Å². The molecule has 4 nitrogen and oxygen atoms in total. The molecule has 1 unspecified atom stereocenters. The number of rotatable bonds is 4. The molecule has 0 aliphatic carbocycles. The average Bonchev–Trinajstić information content (AvgIpc) is 2.67. The molecular formula is C13H16ClN3O. The first-order valence-electron chi connectivity index (χ1n) is 5.93. The van der Waals surface area contributed by atoms with Crippen LogP contribution in [0.4, 0.5) is 0 Å². The van der Waals surface area contributed by atoms with Crippen LogP contribution in [0.15, 0.2) is 24.5 Å². The van der Waals surface area contributed by atoms with Crippen molar-refractivity contribution in [2.24, 2.45) is 0 Å². The van der Waals surface area contributed by atoms with E-state index in [9.17, 15) is 5.11 Å². The molecule has 2 heterocycles. The fraction of sp³-hybridized carbons (Fsp3) is 0.385. The van der Waals surface area contributed by atoms with E-state index < -0.39 is 6.10 Å². The Kier molecular flexibility index (Phi) is 3.99. The number of aliphatic hydroxyl groups is 1. The number of hydrogen-bond acceptors (Lipinski definition) is 3. The third-order valence-electron chi connectivity index (χ3n) is 2.91. The first-order valence-corrected chi connectivity index (χ1v) is 6.31. The van der Waals surface area contributed by atoms with Crippen LogP contribution in [-0.4, -0.2) is 19.9 Å². The Morgan fingerprint density at radius 2 is 2.28 bits per heavy atom. The smallest absolute Gasteiger partial charge is 0.0860 e. The zero-order valence-corrected chi connectivity index (χ0v) is 11.2. The molecule has 0 bridgehead atoms. The van der Waals surface area contributed by atoms with Crippen molar-refractivity contribution in [3.05, 3.63) is 46.5 Å². The summed E-state index contributed by atoms with van der Waals surface area (Å²) in [6, 6.07) is 3.66. The number of aliphatic hydroxyl groups excluding tert-OH is 1. The molecule has 96 valence electrons. The van der Waals surface area contributed by atoms with E-state index in [0.29, 0.717) is 11.4 Å². The topological polar surface area (TPSA) is 50.9 Å². The third kappa shape index (κ3) is 2.54. The first kappa shape index (κ1) is 13.1. The van der Waals surface area contributed by atoms with Gasteiger partial charge in [-0.3, -0.25) is 9.67 Å². The van der Waals surface area contributed by atoms with Gasteiger partial charge in [0.15, 0.2) is 0 Å². The summed E-state index contributed by atoms with van der Waals surface area (Å²) in [5.74, 6) is 0. The second-order valence-corrected chi connectivity index (χ2v) is 4.55. The van der Waals surface area contributed by atoms with Crippen LogP contribution in [0.2, 0.25) is 5.02 Å². The average molecular weight is 266 g/mol. The molecule has 2 aromatic heterocycles. The van der Waals surface area contributed by atoms with Gasteiger partial charge in [0.05, 0.1) is 22.5 Å². The maximum Gasteiger partial charge on any atom is 0.0860 e. The molecule has 0 radical (unpaired) electrons. The number of pyridine rings is 1. The molecule has 1 N–H and O–H groups in total. The van der Waals surface area contributed by atoms with Gasteiger partial charge in [0.25, 0.3) is 0 Å². The second kappa shape index (κ2) is 5.50. The van der Waals surface area contributed by atoms with Gasteiger partial charge >= 0.3 is 0 Å². The normalized spacial score (nSPS) is 12.7. The molecule has 1 atom stereocenters. The molecule has 5 heteroatoms. The highest BCUT2D eigenvalue weighted by atomic mass is 35.5. The summed E-state index contributed by atoms with van der Waals surface area (Å²) in [7, 11) is 0. The van der Waals surface area contributed by atoms with Gasteiger partial charge in [0.2, 0.25) is 0 Å². The van der Waals surface area contributed by atoms with Crippen LogP contribution in [-0.2, 0) is 13.0 Å². The summed E-state index contributed by atoms with van der Waals surface area (Å²) in [4.78, 5) is 4.00. The van der Waals surface area contributed by atoms with Crippen LogP contribution < -0.4 is 0 Å². The Bertz CT molecular complexity index is 525. The van der Waals surface area contributed by atoms with Gasteiger partial charge in [-0.2, -0.15) is 5.10 Å². The number of nitrogens with zero attached hydrogens (tertiary/aromatic N) is 3. The Labute approximate surface area is 111 Å². The highest BCUT2D eigenvalue weighted by Crippen LogP contribution is 2.25. The maximum atomic E-state index is 10.2. The highest BCUT2D eigenvalue weighted by molar-refractivity contribution is 6.31. The standard InChI is InChI=1S/C13H16ClN3O/c1-3-17-11(13(14)9(2)16-17)7-12(18)10-5-4-6-15-8-10/h4-6,8,12,18H,3,7H2,1-2H3. The second-order valence-electron chi connectivity index (χ2n) is 4.17.